The molecule has 24 heavy (non-hydrogen) atoms. The maximum atomic E-state index is 12.7. The number of carbonyl (C=O) groups is 1. The second-order valence-corrected chi connectivity index (χ2v) is 6.46. The molecule has 7 heteroatoms. The summed E-state index contributed by atoms with van der Waals surface area (Å²) < 4.78 is 7.42. The molecule has 1 saturated heterocycles. The molecule has 2 aromatic rings. The van der Waals surface area contributed by atoms with E-state index in [-0.39, 0.29) is 12.0 Å². The molecule has 1 aliphatic rings. The summed E-state index contributed by atoms with van der Waals surface area (Å²) in [5, 5.41) is 4.05. The molecule has 0 atom stereocenters. The number of carbonyl (C=O) groups excluding carboxylic acids is 1. The van der Waals surface area contributed by atoms with Crippen molar-refractivity contribution in [2.45, 2.75) is 32.8 Å². The minimum atomic E-state index is 0.0288. The van der Waals surface area contributed by atoms with Crippen LogP contribution in [0.25, 0.3) is 5.82 Å². The summed E-state index contributed by atoms with van der Waals surface area (Å²) in [4.78, 5) is 22.7. The van der Waals surface area contributed by atoms with E-state index < -0.39 is 0 Å². The predicted molar refractivity (Wildman–Crippen MR) is 88.9 cm³/mol. The van der Waals surface area contributed by atoms with Gasteiger partial charge < -0.3 is 9.64 Å². The highest BCUT2D eigenvalue weighted by molar-refractivity contribution is 5.94. The number of pyridine rings is 1. The van der Waals surface area contributed by atoms with Crippen LogP contribution in [0.1, 0.15) is 37.0 Å². The van der Waals surface area contributed by atoms with Crippen LogP contribution in [0.4, 0.5) is 0 Å². The third kappa shape index (κ3) is 3.97. The van der Waals surface area contributed by atoms with Crippen molar-refractivity contribution in [3.05, 3.63) is 36.5 Å². The number of aromatic nitrogens is 4. The fourth-order valence-corrected chi connectivity index (χ4v) is 2.74. The van der Waals surface area contributed by atoms with Gasteiger partial charge in [-0.2, -0.15) is 5.10 Å². The quantitative estimate of drug-likeness (QED) is 0.838. The monoisotopic (exact) mass is 329 g/mol. The molecule has 0 radical (unpaired) electrons. The first kappa shape index (κ1) is 16.6. The summed E-state index contributed by atoms with van der Waals surface area (Å²) in [5.41, 5.74) is 0.622. The van der Waals surface area contributed by atoms with E-state index in [1.807, 2.05) is 4.90 Å². The molecule has 1 fully saturated rings. The Morgan fingerprint density at radius 2 is 2.17 bits per heavy atom. The van der Waals surface area contributed by atoms with Crippen LogP contribution in [-0.2, 0) is 4.74 Å². The number of hydrogen-bond acceptors (Lipinski definition) is 5. The first-order valence-electron chi connectivity index (χ1n) is 8.35. The molecule has 2 aromatic heterocycles. The van der Waals surface area contributed by atoms with Crippen molar-refractivity contribution in [3.8, 4) is 5.82 Å². The van der Waals surface area contributed by atoms with Gasteiger partial charge in [0.05, 0.1) is 6.10 Å². The molecule has 0 bridgehead atoms. The van der Waals surface area contributed by atoms with Crippen molar-refractivity contribution in [2.24, 2.45) is 5.92 Å². The Bertz CT molecular complexity index is 663. The summed E-state index contributed by atoms with van der Waals surface area (Å²) >= 11 is 0. The zero-order valence-corrected chi connectivity index (χ0v) is 14.1. The van der Waals surface area contributed by atoms with E-state index in [4.69, 9.17) is 4.74 Å². The van der Waals surface area contributed by atoms with Gasteiger partial charge in [0.25, 0.3) is 5.91 Å². The Morgan fingerprint density at radius 3 is 2.83 bits per heavy atom. The molecule has 0 aromatic carbocycles. The standard InChI is InChI=1S/C17H23N5O2/c1-13(2)10-24-15-4-7-21(8-5-15)17(23)14-3-6-19-16(9-14)22-12-18-11-20-22/h3,6,9,11-13,15H,4-5,7-8,10H2,1-2H3. The van der Waals surface area contributed by atoms with Crippen LogP contribution in [0.5, 0.6) is 0 Å². The highest BCUT2D eigenvalue weighted by Crippen LogP contribution is 2.17. The summed E-state index contributed by atoms with van der Waals surface area (Å²) in [7, 11) is 0. The van der Waals surface area contributed by atoms with Crippen molar-refractivity contribution < 1.29 is 9.53 Å². The van der Waals surface area contributed by atoms with Gasteiger partial charge in [-0.1, -0.05) is 13.8 Å². The van der Waals surface area contributed by atoms with E-state index in [2.05, 4.69) is 28.9 Å². The Labute approximate surface area is 141 Å². The first-order valence-corrected chi connectivity index (χ1v) is 8.35. The Kier molecular flexibility index (Phi) is 5.20. The molecule has 1 aliphatic heterocycles. The molecular formula is C17H23N5O2. The summed E-state index contributed by atoms with van der Waals surface area (Å²) in [6.45, 7) is 6.53. The summed E-state index contributed by atoms with van der Waals surface area (Å²) in [6.07, 6.45) is 6.67. The topological polar surface area (TPSA) is 73.1 Å². The third-order valence-corrected chi connectivity index (χ3v) is 4.04. The molecule has 0 spiro atoms. The van der Waals surface area contributed by atoms with Crippen LogP contribution in [-0.4, -0.2) is 56.4 Å². The van der Waals surface area contributed by atoms with E-state index in [0.717, 1.165) is 32.5 Å². The number of hydrogen-bond donors (Lipinski definition) is 0. The average Bonchev–Trinajstić information content (AvgIpc) is 3.14. The number of nitrogens with zero attached hydrogens (tertiary/aromatic N) is 5. The van der Waals surface area contributed by atoms with Gasteiger partial charge in [0.1, 0.15) is 12.7 Å². The van der Waals surface area contributed by atoms with Crippen molar-refractivity contribution in [1.29, 1.82) is 0 Å². The predicted octanol–water partition coefficient (Wildman–Crippen LogP) is 1.94. The van der Waals surface area contributed by atoms with Gasteiger partial charge in [0, 0.05) is 31.5 Å². The average molecular weight is 329 g/mol. The fraction of sp³-hybridized carbons (Fsp3) is 0.529. The summed E-state index contributed by atoms with van der Waals surface area (Å²) in [6, 6.07) is 3.49. The van der Waals surface area contributed by atoms with Gasteiger partial charge in [0.2, 0.25) is 0 Å². The number of piperidine rings is 1. The molecule has 0 aliphatic carbocycles. The molecule has 0 N–H and O–H groups in total. The Hall–Kier alpha value is -2.28. The van der Waals surface area contributed by atoms with Crippen molar-refractivity contribution >= 4 is 5.91 Å². The number of likely N-dealkylation sites (tertiary alicyclic amines) is 1. The molecule has 1 amide bonds. The number of amides is 1. The number of rotatable bonds is 5. The van der Waals surface area contributed by atoms with E-state index in [1.54, 1.807) is 29.3 Å². The number of ether oxygens (including phenoxy) is 1. The fourth-order valence-electron chi connectivity index (χ4n) is 2.74. The van der Waals surface area contributed by atoms with Crippen molar-refractivity contribution in [3.63, 3.8) is 0 Å². The molecule has 7 nitrogen and oxygen atoms in total. The van der Waals surface area contributed by atoms with Crippen LogP contribution in [0.2, 0.25) is 0 Å². The van der Waals surface area contributed by atoms with E-state index in [1.165, 1.54) is 6.33 Å². The van der Waals surface area contributed by atoms with E-state index in [0.29, 0.717) is 17.3 Å². The Morgan fingerprint density at radius 1 is 1.38 bits per heavy atom. The molecule has 0 unspecified atom stereocenters. The molecular weight excluding hydrogens is 306 g/mol. The SMILES string of the molecule is CC(C)COC1CCN(C(=O)c2ccnc(-n3cncn3)c2)CC1. The zero-order valence-electron chi connectivity index (χ0n) is 14.1. The molecule has 0 saturated carbocycles. The smallest absolute Gasteiger partial charge is 0.254 e. The third-order valence-electron chi connectivity index (χ3n) is 4.04. The van der Waals surface area contributed by atoms with Gasteiger partial charge in [-0.05, 0) is 30.9 Å². The van der Waals surface area contributed by atoms with Gasteiger partial charge in [-0.15, -0.1) is 0 Å². The minimum absolute atomic E-state index is 0.0288. The van der Waals surface area contributed by atoms with Crippen LogP contribution < -0.4 is 0 Å². The molecule has 128 valence electrons. The van der Waals surface area contributed by atoms with Crippen LogP contribution in [0, 0.1) is 5.92 Å². The normalized spacial score (nSPS) is 15.9. The lowest BCUT2D eigenvalue weighted by atomic mass is 10.1. The van der Waals surface area contributed by atoms with Crippen LogP contribution in [0.3, 0.4) is 0 Å². The second-order valence-electron chi connectivity index (χ2n) is 6.46. The zero-order chi connectivity index (χ0) is 16.9. The lowest BCUT2D eigenvalue weighted by Crippen LogP contribution is -2.41. The van der Waals surface area contributed by atoms with E-state index >= 15 is 0 Å². The van der Waals surface area contributed by atoms with Crippen molar-refractivity contribution in [1.82, 2.24) is 24.6 Å². The van der Waals surface area contributed by atoms with Gasteiger partial charge >= 0.3 is 0 Å². The van der Waals surface area contributed by atoms with Gasteiger partial charge in [0.15, 0.2) is 5.82 Å². The second kappa shape index (κ2) is 7.53. The largest absolute Gasteiger partial charge is 0.378 e. The highest BCUT2D eigenvalue weighted by atomic mass is 16.5. The van der Waals surface area contributed by atoms with Gasteiger partial charge in [-0.3, -0.25) is 4.79 Å². The maximum Gasteiger partial charge on any atom is 0.254 e. The Balaban J connectivity index is 1.60. The lowest BCUT2D eigenvalue weighted by molar-refractivity contribution is -0.00231. The van der Waals surface area contributed by atoms with Crippen LogP contribution >= 0.6 is 0 Å². The van der Waals surface area contributed by atoms with Crippen LogP contribution in [0.15, 0.2) is 31.0 Å². The molecule has 3 heterocycles. The maximum absolute atomic E-state index is 12.7. The molecule has 3 rings (SSSR count). The van der Waals surface area contributed by atoms with E-state index in [9.17, 15) is 4.79 Å². The highest BCUT2D eigenvalue weighted by Gasteiger charge is 2.24. The minimum Gasteiger partial charge on any atom is -0.378 e. The van der Waals surface area contributed by atoms with Crippen molar-refractivity contribution in [2.75, 3.05) is 19.7 Å². The lowest BCUT2D eigenvalue weighted by Gasteiger charge is -2.32. The first-order chi connectivity index (χ1) is 11.6. The summed E-state index contributed by atoms with van der Waals surface area (Å²) in [5.74, 6) is 1.16. The van der Waals surface area contributed by atoms with Gasteiger partial charge in [-0.25, -0.2) is 14.6 Å².